The Morgan fingerprint density at radius 1 is 1.11 bits per heavy atom. The summed E-state index contributed by atoms with van der Waals surface area (Å²) in [4.78, 5) is 0. The minimum atomic E-state index is -3.47. The molecule has 0 heterocycles. The summed E-state index contributed by atoms with van der Waals surface area (Å²) in [5.41, 5.74) is 7.26. The predicted molar refractivity (Wildman–Crippen MR) is 81.2 cm³/mol. The number of hydrogen-bond donors (Lipinski definition) is 2. The topological polar surface area (TPSA) is 72.2 Å². The predicted octanol–water partition coefficient (Wildman–Crippen LogP) is 2.97. The number of halogens is 1. The van der Waals surface area contributed by atoms with Crippen LogP contribution in [0, 0.1) is 0 Å². The van der Waals surface area contributed by atoms with Gasteiger partial charge in [0.25, 0.3) is 0 Å². The zero-order valence-corrected chi connectivity index (χ0v) is 12.4. The van der Waals surface area contributed by atoms with Crippen LogP contribution in [0.25, 0.3) is 0 Å². The standard InChI is InChI=1S/C13H13BrN2O2S/c14-11-6-7-13(12(15)8-11)16-19(17,18)9-10-4-2-1-3-5-10/h1-8,16H,9,15H2. The Hall–Kier alpha value is -1.53. The molecule has 0 fully saturated rings. The van der Waals surface area contributed by atoms with Crippen molar-refractivity contribution in [3.05, 3.63) is 58.6 Å². The van der Waals surface area contributed by atoms with Crippen molar-refractivity contribution in [2.75, 3.05) is 10.5 Å². The summed E-state index contributed by atoms with van der Waals surface area (Å²) in [5.74, 6) is -0.0800. The van der Waals surface area contributed by atoms with Crippen LogP contribution in [0.3, 0.4) is 0 Å². The van der Waals surface area contributed by atoms with Gasteiger partial charge in [0.2, 0.25) is 10.0 Å². The molecule has 0 aliphatic rings. The molecule has 2 rings (SSSR count). The molecule has 4 nitrogen and oxygen atoms in total. The molecule has 0 saturated carbocycles. The Kier molecular flexibility index (Phi) is 4.11. The summed E-state index contributed by atoms with van der Waals surface area (Å²) in [6.45, 7) is 0. The molecule has 19 heavy (non-hydrogen) atoms. The first-order valence-corrected chi connectivity index (χ1v) is 8.00. The van der Waals surface area contributed by atoms with Crippen LogP contribution in [0.5, 0.6) is 0 Å². The maximum atomic E-state index is 12.0. The average molecular weight is 341 g/mol. The van der Waals surface area contributed by atoms with Gasteiger partial charge < -0.3 is 5.73 Å². The van der Waals surface area contributed by atoms with E-state index in [1.807, 2.05) is 6.07 Å². The van der Waals surface area contributed by atoms with Crippen molar-refractivity contribution in [2.45, 2.75) is 5.75 Å². The zero-order valence-electron chi connectivity index (χ0n) is 10.0. The second-order valence-electron chi connectivity index (χ2n) is 4.08. The fourth-order valence-electron chi connectivity index (χ4n) is 1.62. The molecule has 0 aliphatic carbocycles. The quantitative estimate of drug-likeness (QED) is 0.840. The SMILES string of the molecule is Nc1cc(Br)ccc1NS(=O)(=O)Cc1ccccc1. The van der Waals surface area contributed by atoms with Crippen LogP contribution in [0.15, 0.2) is 53.0 Å². The first-order chi connectivity index (χ1) is 8.96. The Morgan fingerprint density at radius 2 is 1.79 bits per heavy atom. The van der Waals surface area contributed by atoms with E-state index >= 15 is 0 Å². The van der Waals surface area contributed by atoms with Crippen LogP contribution in [0.2, 0.25) is 0 Å². The second kappa shape index (κ2) is 5.63. The molecular formula is C13H13BrN2O2S. The van der Waals surface area contributed by atoms with Crippen molar-refractivity contribution in [3.8, 4) is 0 Å². The van der Waals surface area contributed by atoms with Gasteiger partial charge in [-0.15, -0.1) is 0 Å². The van der Waals surface area contributed by atoms with Gasteiger partial charge in [-0.05, 0) is 23.8 Å². The van der Waals surface area contributed by atoms with Gasteiger partial charge in [0.05, 0.1) is 17.1 Å². The van der Waals surface area contributed by atoms with E-state index in [4.69, 9.17) is 5.73 Å². The number of nitrogen functional groups attached to an aromatic ring is 1. The molecule has 0 spiro atoms. The van der Waals surface area contributed by atoms with Crippen LogP contribution in [-0.4, -0.2) is 8.42 Å². The Labute approximate surface area is 120 Å². The first kappa shape index (κ1) is 13.9. The van der Waals surface area contributed by atoms with Crippen LogP contribution < -0.4 is 10.5 Å². The number of sulfonamides is 1. The van der Waals surface area contributed by atoms with E-state index in [2.05, 4.69) is 20.7 Å². The van der Waals surface area contributed by atoms with Crippen molar-refractivity contribution in [2.24, 2.45) is 0 Å². The van der Waals surface area contributed by atoms with E-state index in [1.54, 1.807) is 42.5 Å². The molecule has 0 aromatic heterocycles. The third-order valence-corrected chi connectivity index (χ3v) is 4.22. The Morgan fingerprint density at radius 3 is 2.42 bits per heavy atom. The van der Waals surface area contributed by atoms with E-state index in [1.165, 1.54) is 0 Å². The highest BCUT2D eigenvalue weighted by molar-refractivity contribution is 9.10. The molecule has 0 amide bonds. The smallest absolute Gasteiger partial charge is 0.236 e. The molecule has 3 N–H and O–H groups in total. The highest BCUT2D eigenvalue weighted by Crippen LogP contribution is 2.24. The van der Waals surface area contributed by atoms with Crippen molar-refractivity contribution in [1.82, 2.24) is 0 Å². The largest absolute Gasteiger partial charge is 0.397 e. The van der Waals surface area contributed by atoms with Gasteiger partial charge in [-0.3, -0.25) is 4.72 Å². The molecule has 100 valence electrons. The molecule has 0 bridgehead atoms. The summed E-state index contributed by atoms with van der Waals surface area (Å²) < 4.78 is 27.3. The van der Waals surface area contributed by atoms with Gasteiger partial charge >= 0.3 is 0 Å². The molecule has 0 saturated heterocycles. The van der Waals surface area contributed by atoms with Gasteiger partial charge in [0.15, 0.2) is 0 Å². The maximum Gasteiger partial charge on any atom is 0.236 e. The van der Waals surface area contributed by atoms with Crippen LogP contribution >= 0.6 is 15.9 Å². The fraction of sp³-hybridized carbons (Fsp3) is 0.0769. The van der Waals surface area contributed by atoms with E-state index < -0.39 is 10.0 Å². The summed E-state index contributed by atoms with van der Waals surface area (Å²) in [7, 11) is -3.47. The van der Waals surface area contributed by atoms with Gasteiger partial charge in [-0.1, -0.05) is 46.3 Å². The van der Waals surface area contributed by atoms with Crippen molar-refractivity contribution in [1.29, 1.82) is 0 Å². The van der Waals surface area contributed by atoms with E-state index in [9.17, 15) is 8.42 Å². The molecule has 0 atom stereocenters. The van der Waals surface area contributed by atoms with Crippen molar-refractivity contribution >= 4 is 37.3 Å². The number of hydrogen-bond acceptors (Lipinski definition) is 3. The minimum absolute atomic E-state index is 0.0800. The molecule has 0 unspecified atom stereocenters. The zero-order chi connectivity index (χ0) is 13.9. The molecule has 2 aromatic rings. The number of rotatable bonds is 4. The van der Waals surface area contributed by atoms with Gasteiger partial charge in [-0.2, -0.15) is 0 Å². The molecule has 0 radical (unpaired) electrons. The normalized spacial score (nSPS) is 11.2. The van der Waals surface area contributed by atoms with Gasteiger partial charge in [0, 0.05) is 4.47 Å². The van der Waals surface area contributed by atoms with E-state index in [0.29, 0.717) is 11.4 Å². The lowest BCUT2D eigenvalue weighted by Crippen LogP contribution is -2.16. The lowest BCUT2D eigenvalue weighted by molar-refractivity contribution is 0.600. The Bertz CT molecular complexity index is 672. The van der Waals surface area contributed by atoms with Crippen molar-refractivity contribution < 1.29 is 8.42 Å². The summed E-state index contributed by atoms with van der Waals surface area (Å²) in [5, 5.41) is 0. The van der Waals surface area contributed by atoms with Crippen molar-refractivity contribution in [3.63, 3.8) is 0 Å². The maximum absolute atomic E-state index is 12.0. The second-order valence-corrected chi connectivity index (χ2v) is 6.72. The number of anilines is 2. The monoisotopic (exact) mass is 340 g/mol. The number of nitrogens with one attached hydrogen (secondary N) is 1. The summed E-state index contributed by atoms with van der Waals surface area (Å²) >= 11 is 3.27. The molecule has 2 aromatic carbocycles. The Balaban J connectivity index is 2.17. The van der Waals surface area contributed by atoms with E-state index in [-0.39, 0.29) is 5.75 Å². The average Bonchev–Trinajstić information content (AvgIpc) is 2.33. The molecule has 6 heteroatoms. The number of nitrogens with two attached hydrogens (primary N) is 1. The first-order valence-electron chi connectivity index (χ1n) is 5.56. The van der Waals surface area contributed by atoms with Gasteiger partial charge in [-0.25, -0.2) is 8.42 Å². The molecular weight excluding hydrogens is 328 g/mol. The minimum Gasteiger partial charge on any atom is -0.397 e. The van der Waals surface area contributed by atoms with Crippen LogP contribution in [-0.2, 0) is 15.8 Å². The summed E-state index contributed by atoms with van der Waals surface area (Å²) in [6.07, 6.45) is 0. The molecule has 0 aliphatic heterocycles. The van der Waals surface area contributed by atoms with Crippen LogP contribution in [0.4, 0.5) is 11.4 Å². The lowest BCUT2D eigenvalue weighted by Gasteiger charge is -2.10. The highest BCUT2D eigenvalue weighted by atomic mass is 79.9. The van der Waals surface area contributed by atoms with Gasteiger partial charge in [0.1, 0.15) is 0 Å². The fourth-order valence-corrected chi connectivity index (χ4v) is 3.23. The highest BCUT2D eigenvalue weighted by Gasteiger charge is 2.13. The number of benzene rings is 2. The summed E-state index contributed by atoms with van der Waals surface area (Å²) in [6, 6.07) is 14.0. The van der Waals surface area contributed by atoms with Crippen LogP contribution in [0.1, 0.15) is 5.56 Å². The third-order valence-electron chi connectivity index (χ3n) is 2.48. The van der Waals surface area contributed by atoms with E-state index in [0.717, 1.165) is 10.0 Å². The third kappa shape index (κ3) is 3.97. The lowest BCUT2D eigenvalue weighted by atomic mass is 10.2.